The summed E-state index contributed by atoms with van der Waals surface area (Å²) < 4.78 is 23.8. The maximum absolute atomic E-state index is 13.3. The summed E-state index contributed by atoms with van der Waals surface area (Å²) in [7, 11) is 1.33. The van der Waals surface area contributed by atoms with E-state index in [1.807, 2.05) is 0 Å². The lowest BCUT2D eigenvalue weighted by molar-refractivity contribution is -0.143. The van der Waals surface area contributed by atoms with Crippen molar-refractivity contribution < 1.29 is 23.1 Å². The molecule has 28 heavy (non-hydrogen) atoms. The van der Waals surface area contributed by atoms with Gasteiger partial charge >= 0.3 is 5.97 Å². The van der Waals surface area contributed by atoms with Crippen molar-refractivity contribution in [1.82, 2.24) is 0 Å². The van der Waals surface area contributed by atoms with Crippen molar-refractivity contribution in [2.24, 2.45) is 10.9 Å². The summed E-state index contributed by atoms with van der Waals surface area (Å²) in [5.74, 6) is -1.58. The number of carbonyl (C=O) groups is 2. The van der Waals surface area contributed by atoms with Crippen LogP contribution in [0.15, 0.2) is 63.3 Å². The number of nitrogens with zero attached hydrogens (tertiary/aromatic N) is 1. The number of rotatable bonds is 3. The molecule has 0 N–H and O–H groups in total. The Kier molecular flexibility index (Phi) is 4.71. The Bertz CT molecular complexity index is 972. The monoisotopic (exact) mass is 381 g/mol. The van der Waals surface area contributed by atoms with E-state index in [9.17, 15) is 14.0 Å². The number of halogens is 1. The number of Topliss-reactive ketones (excluding diaryl/α,β-unsaturated/α-hetero) is 1. The van der Waals surface area contributed by atoms with Gasteiger partial charge in [0.1, 0.15) is 17.5 Å². The average molecular weight is 381 g/mol. The molecule has 2 aliphatic rings. The highest BCUT2D eigenvalue weighted by Gasteiger charge is 2.45. The lowest BCUT2D eigenvalue weighted by Gasteiger charge is -2.35. The van der Waals surface area contributed by atoms with Crippen molar-refractivity contribution in [3.8, 4) is 0 Å². The predicted molar refractivity (Wildman–Crippen MR) is 100 cm³/mol. The Hall–Kier alpha value is -3.02. The van der Waals surface area contributed by atoms with Gasteiger partial charge < -0.3 is 9.15 Å². The Balaban J connectivity index is 1.77. The zero-order valence-corrected chi connectivity index (χ0v) is 15.6. The molecule has 0 saturated carbocycles. The van der Waals surface area contributed by atoms with Gasteiger partial charge in [-0.2, -0.15) is 0 Å². The summed E-state index contributed by atoms with van der Waals surface area (Å²) in [4.78, 5) is 30.2. The number of esters is 1. The fourth-order valence-corrected chi connectivity index (χ4v) is 4.24. The van der Waals surface area contributed by atoms with Crippen LogP contribution in [0.25, 0.3) is 0 Å². The third kappa shape index (κ3) is 3.09. The molecular formula is C22H20FNO4. The van der Waals surface area contributed by atoms with Gasteiger partial charge in [-0.1, -0.05) is 12.1 Å². The SMILES string of the molecule is COC(=O)C1C(C)=NC2=C(C(=O)C[C@H](c3ccc(F)cc3)C2)[C@@H]1c1ccco1. The molecule has 0 radical (unpaired) electrons. The number of aliphatic imine (C=N–C) groups is 1. The summed E-state index contributed by atoms with van der Waals surface area (Å²) in [5, 5.41) is 0. The molecule has 0 saturated heterocycles. The van der Waals surface area contributed by atoms with E-state index >= 15 is 0 Å². The quantitative estimate of drug-likeness (QED) is 0.749. The molecular weight excluding hydrogens is 361 g/mol. The topological polar surface area (TPSA) is 68.9 Å². The first kappa shape index (κ1) is 18.3. The van der Waals surface area contributed by atoms with Crippen LogP contribution in [0.1, 0.15) is 42.9 Å². The fourth-order valence-electron chi connectivity index (χ4n) is 4.24. The highest BCUT2D eigenvalue weighted by Crippen LogP contribution is 2.46. The predicted octanol–water partition coefficient (Wildman–Crippen LogP) is 4.17. The number of hydrogen-bond donors (Lipinski definition) is 0. The first-order chi connectivity index (χ1) is 13.5. The molecule has 6 heteroatoms. The molecule has 5 nitrogen and oxygen atoms in total. The molecule has 1 aliphatic carbocycles. The number of hydrogen-bond acceptors (Lipinski definition) is 5. The smallest absolute Gasteiger partial charge is 0.315 e. The molecule has 3 atom stereocenters. The van der Waals surface area contributed by atoms with Crippen LogP contribution in [0.3, 0.4) is 0 Å². The zero-order valence-electron chi connectivity index (χ0n) is 15.6. The highest BCUT2D eigenvalue weighted by molar-refractivity contribution is 6.08. The minimum atomic E-state index is -0.693. The molecule has 0 bridgehead atoms. The van der Waals surface area contributed by atoms with Gasteiger partial charge in [-0.25, -0.2) is 4.39 Å². The number of ketones is 1. The minimum Gasteiger partial charge on any atom is -0.469 e. The van der Waals surface area contributed by atoms with Gasteiger partial charge in [0.05, 0.1) is 19.3 Å². The summed E-state index contributed by atoms with van der Waals surface area (Å²) in [6.07, 6.45) is 2.36. The second kappa shape index (κ2) is 7.19. The minimum absolute atomic E-state index is 0.0675. The molecule has 1 unspecified atom stereocenters. The molecule has 144 valence electrons. The van der Waals surface area contributed by atoms with Crippen LogP contribution in [0.5, 0.6) is 0 Å². The molecule has 0 amide bonds. The fraction of sp³-hybridized carbons (Fsp3) is 0.318. The van der Waals surface area contributed by atoms with Gasteiger partial charge in [-0.15, -0.1) is 0 Å². The van der Waals surface area contributed by atoms with Crippen LogP contribution in [-0.2, 0) is 14.3 Å². The number of furan rings is 1. The molecule has 1 aliphatic heterocycles. The van der Waals surface area contributed by atoms with E-state index < -0.39 is 17.8 Å². The zero-order chi connectivity index (χ0) is 19.8. The van der Waals surface area contributed by atoms with Crippen molar-refractivity contribution in [1.29, 1.82) is 0 Å². The van der Waals surface area contributed by atoms with E-state index in [4.69, 9.17) is 9.15 Å². The van der Waals surface area contributed by atoms with Crippen molar-refractivity contribution in [2.75, 3.05) is 7.11 Å². The average Bonchev–Trinajstić information content (AvgIpc) is 3.21. The molecule has 2 heterocycles. The standard InChI is InChI=1S/C22H20FNO4/c1-12-19(22(26)27-2)21(18-4-3-9-28-18)20-16(24-12)10-14(11-17(20)25)13-5-7-15(23)8-6-13/h3-9,14,19,21H,10-11H2,1-2H3/t14-,19?,21-/m1/s1. The molecule has 0 spiro atoms. The van der Waals surface area contributed by atoms with Crippen LogP contribution < -0.4 is 0 Å². The van der Waals surface area contributed by atoms with Crippen molar-refractivity contribution >= 4 is 17.5 Å². The molecule has 2 aromatic rings. The van der Waals surface area contributed by atoms with Crippen LogP contribution in [0, 0.1) is 11.7 Å². The van der Waals surface area contributed by atoms with Gasteiger partial charge in [0, 0.05) is 23.4 Å². The maximum atomic E-state index is 13.3. The summed E-state index contributed by atoms with van der Waals surface area (Å²) in [5.41, 5.74) is 2.69. The van der Waals surface area contributed by atoms with E-state index in [1.165, 1.54) is 25.5 Å². The van der Waals surface area contributed by atoms with Gasteiger partial charge in [0.25, 0.3) is 0 Å². The third-order valence-corrected chi connectivity index (χ3v) is 5.53. The Labute approximate surface area is 161 Å². The number of methoxy groups -OCH3 is 1. The van der Waals surface area contributed by atoms with Crippen LogP contribution in [-0.4, -0.2) is 24.6 Å². The summed E-state index contributed by atoms with van der Waals surface area (Å²) in [6.45, 7) is 1.77. The normalized spacial score (nSPS) is 24.6. The van der Waals surface area contributed by atoms with Crippen LogP contribution in [0.2, 0.25) is 0 Å². The number of ether oxygens (including phenoxy) is 1. The third-order valence-electron chi connectivity index (χ3n) is 5.53. The highest BCUT2D eigenvalue weighted by atomic mass is 19.1. The van der Waals surface area contributed by atoms with E-state index in [1.54, 1.807) is 31.2 Å². The Morgan fingerprint density at radius 1 is 1.21 bits per heavy atom. The van der Waals surface area contributed by atoms with Crippen LogP contribution in [0.4, 0.5) is 4.39 Å². The Morgan fingerprint density at radius 2 is 1.96 bits per heavy atom. The Morgan fingerprint density at radius 3 is 2.61 bits per heavy atom. The molecule has 0 fully saturated rings. The number of carbonyl (C=O) groups excluding carboxylic acids is 2. The first-order valence-electron chi connectivity index (χ1n) is 9.17. The van der Waals surface area contributed by atoms with E-state index in [0.717, 1.165) is 5.56 Å². The largest absolute Gasteiger partial charge is 0.469 e. The maximum Gasteiger partial charge on any atom is 0.315 e. The van der Waals surface area contributed by atoms with E-state index in [-0.39, 0.29) is 23.9 Å². The second-order valence-corrected chi connectivity index (χ2v) is 7.19. The summed E-state index contributed by atoms with van der Waals surface area (Å²) >= 11 is 0. The first-order valence-corrected chi connectivity index (χ1v) is 9.17. The van der Waals surface area contributed by atoms with Gasteiger partial charge in [0.2, 0.25) is 0 Å². The number of benzene rings is 1. The van der Waals surface area contributed by atoms with Gasteiger partial charge in [-0.3, -0.25) is 14.6 Å². The van der Waals surface area contributed by atoms with Crippen molar-refractivity contribution in [3.05, 3.63) is 71.1 Å². The van der Waals surface area contributed by atoms with Crippen molar-refractivity contribution in [3.63, 3.8) is 0 Å². The second-order valence-electron chi connectivity index (χ2n) is 7.19. The molecule has 1 aromatic heterocycles. The lowest BCUT2D eigenvalue weighted by Crippen LogP contribution is -2.37. The van der Waals surface area contributed by atoms with Crippen LogP contribution >= 0.6 is 0 Å². The molecule has 4 rings (SSSR count). The van der Waals surface area contributed by atoms with Gasteiger partial charge in [0.15, 0.2) is 5.78 Å². The van der Waals surface area contributed by atoms with E-state index in [0.29, 0.717) is 29.2 Å². The van der Waals surface area contributed by atoms with E-state index in [2.05, 4.69) is 4.99 Å². The van der Waals surface area contributed by atoms with Crippen molar-refractivity contribution in [2.45, 2.75) is 31.6 Å². The lowest BCUT2D eigenvalue weighted by atomic mass is 9.71. The van der Waals surface area contributed by atoms with Gasteiger partial charge in [-0.05, 0) is 49.1 Å². The summed E-state index contributed by atoms with van der Waals surface area (Å²) in [6, 6.07) is 9.72. The number of allylic oxidation sites excluding steroid dienone is 2. The molecule has 1 aromatic carbocycles.